The maximum Gasteiger partial charge on any atom is 0.240 e. The molecule has 6 heteroatoms. The van der Waals surface area contributed by atoms with Gasteiger partial charge in [0.05, 0.1) is 9.37 Å². The van der Waals surface area contributed by atoms with Crippen molar-refractivity contribution in [1.29, 1.82) is 0 Å². The van der Waals surface area contributed by atoms with Crippen LogP contribution in [0.2, 0.25) is 0 Å². The van der Waals surface area contributed by atoms with Gasteiger partial charge in [-0.3, -0.25) is 0 Å². The van der Waals surface area contributed by atoms with Gasteiger partial charge in [0.2, 0.25) is 10.0 Å². The molecule has 1 aliphatic carbocycles. The molecule has 3 atom stereocenters. The lowest BCUT2D eigenvalue weighted by Crippen LogP contribution is -2.42. The van der Waals surface area contributed by atoms with Gasteiger partial charge in [0.15, 0.2) is 0 Å². The highest BCUT2D eigenvalue weighted by atomic mass is 79.9. The Morgan fingerprint density at radius 1 is 1.30 bits per heavy atom. The number of halogens is 2. The van der Waals surface area contributed by atoms with Gasteiger partial charge in [0.1, 0.15) is 5.82 Å². The Labute approximate surface area is 128 Å². The van der Waals surface area contributed by atoms with Crippen LogP contribution in [0.3, 0.4) is 0 Å². The molecule has 0 aliphatic heterocycles. The van der Waals surface area contributed by atoms with Crippen molar-refractivity contribution < 1.29 is 12.8 Å². The first-order valence-electron chi connectivity index (χ1n) is 6.77. The van der Waals surface area contributed by atoms with Crippen LogP contribution in [0, 0.1) is 17.7 Å². The number of rotatable bonds is 3. The summed E-state index contributed by atoms with van der Waals surface area (Å²) in [5.74, 6) is 0.364. The zero-order valence-electron chi connectivity index (χ0n) is 11.6. The summed E-state index contributed by atoms with van der Waals surface area (Å²) in [4.78, 5) is -0.0241. The number of hydrogen-bond donors (Lipinski definition) is 1. The van der Waals surface area contributed by atoms with Crippen LogP contribution in [0.1, 0.15) is 33.1 Å². The molecule has 3 nitrogen and oxygen atoms in total. The molecule has 0 radical (unpaired) electrons. The summed E-state index contributed by atoms with van der Waals surface area (Å²) in [7, 11) is -3.66. The first-order valence-corrected chi connectivity index (χ1v) is 9.04. The standard InChI is InChI=1S/C14H19BrFNO2S/c1-9-3-6-14(10(2)7-9)17-20(18,19)11-4-5-12(15)13(16)8-11/h4-5,8-10,14,17H,3,6-7H2,1-2H3. The fourth-order valence-electron chi connectivity index (χ4n) is 2.75. The van der Waals surface area contributed by atoms with Crippen LogP contribution in [0.5, 0.6) is 0 Å². The van der Waals surface area contributed by atoms with Crippen molar-refractivity contribution in [3.8, 4) is 0 Å². The Morgan fingerprint density at radius 3 is 2.60 bits per heavy atom. The minimum atomic E-state index is -3.66. The lowest BCUT2D eigenvalue weighted by molar-refractivity contribution is 0.249. The van der Waals surface area contributed by atoms with Crippen LogP contribution in [-0.4, -0.2) is 14.5 Å². The van der Waals surface area contributed by atoms with Crippen molar-refractivity contribution in [1.82, 2.24) is 4.72 Å². The average Bonchev–Trinajstić information content (AvgIpc) is 2.36. The second-order valence-corrected chi connectivity index (χ2v) is 8.27. The minimum absolute atomic E-state index is 0.0241. The van der Waals surface area contributed by atoms with Gasteiger partial charge in [-0.25, -0.2) is 17.5 Å². The molecule has 0 saturated heterocycles. The third kappa shape index (κ3) is 3.59. The van der Waals surface area contributed by atoms with Crippen LogP contribution >= 0.6 is 15.9 Å². The largest absolute Gasteiger partial charge is 0.240 e. The highest BCUT2D eigenvalue weighted by Gasteiger charge is 2.29. The molecule has 0 bridgehead atoms. The number of hydrogen-bond acceptors (Lipinski definition) is 2. The Hall–Kier alpha value is -0.460. The molecule has 1 aliphatic rings. The fraction of sp³-hybridized carbons (Fsp3) is 0.571. The van der Waals surface area contributed by atoms with E-state index in [1.165, 1.54) is 12.1 Å². The second-order valence-electron chi connectivity index (χ2n) is 5.70. The molecule has 20 heavy (non-hydrogen) atoms. The van der Waals surface area contributed by atoms with Gasteiger partial charge in [-0.2, -0.15) is 0 Å². The number of sulfonamides is 1. The number of nitrogens with one attached hydrogen (secondary N) is 1. The highest BCUT2D eigenvalue weighted by Crippen LogP contribution is 2.30. The molecular weight excluding hydrogens is 345 g/mol. The predicted molar refractivity (Wildman–Crippen MR) is 80.4 cm³/mol. The van der Waals surface area contributed by atoms with Crippen molar-refractivity contribution in [2.45, 2.75) is 44.0 Å². The normalized spacial score (nSPS) is 27.5. The molecule has 112 valence electrons. The molecule has 0 spiro atoms. The Bertz CT molecular complexity index is 591. The van der Waals surface area contributed by atoms with E-state index in [9.17, 15) is 12.8 Å². The van der Waals surface area contributed by atoms with Crippen molar-refractivity contribution in [2.75, 3.05) is 0 Å². The molecule has 1 N–H and O–H groups in total. The lowest BCUT2D eigenvalue weighted by Gasteiger charge is -2.32. The summed E-state index contributed by atoms with van der Waals surface area (Å²) >= 11 is 3.02. The summed E-state index contributed by atoms with van der Waals surface area (Å²) in [6.07, 6.45) is 2.87. The summed E-state index contributed by atoms with van der Waals surface area (Å²) in [6.45, 7) is 4.25. The third-order valence-corrected chi connectivity index (χ3v) is 6.07. The lowest BCUT2D eigenvalue weighted by atomic mass is 9.80. The predicted octanol–water partition coefficient (Wildman–Crippen LogP) is 3.69. The van der Waals surface area contributed by atoms with Crippen LogP contribution in [0.25, 0.3) is 0 Å². The van der Waals surface area contributed by atoms with Gasteiger partial charge < -0.3 is 0 Å². The van der Waals surface area contributed by atoms with Gasteiger partial charge in [0, 0.05) is 6.04 Å². The van der Waals surface area contributed by atoms with Crippen LogP contribution in [0.4, 0.5) is 4.39 Å². The minimum Gasteiger partial charge on any atom is -0.208 e. The van der Waals surface area contributed by atoms with E-state index in [1.807, 2.05) is 0 Å². The maximum absolute atomic E-state index is 13.5. The zero-order chi connectivity index (χ0) is 14.9. The van der Waals surface area contributed by atoms with E-state index in [0.29, 0.717) is 11.8 Å². The van der Waals surface area contributed by atoms with Crippen molar-refractivity contribution >= 4 is 26.0 Å². The smallest absolute Gasteiger partial charge is 0.208 e. The second kappa shape index (κ2) is 6.12. The number of benzene rings is 1. The third-order valence-electron chi connectivity index (χ3n) is 3.94. The van der Waals surface area contributed by atoms with Gasteiger partial charge in [0.25, 0.3) is 0 Å². The molecule has 0 heterocycles. The highest BCUT2D eigenvalue weighted by molar-refractivity contribution is 9.10. The van der Waals surface area contributed by atoms with E-state index in [0.717, 1.165) is 25.3 Å². The summed E-state index contributed by atoms with van der Waals surface area (Å²) in [6, 6.07) is 3.80. The van der Waals surface area contributed by atoms with Crippen molar-refractivity contribution in [3.05, 3.63) is 28.5 Å². The average molecular weight is 364 g/mol. The first kappa shape index (κ1) is 15.9. The molecule has 1 saturated carbocycles. The molecular formula is C14H19BrFNO2S. The van der Waals surface area contributed by atoms with E-state index >= 15 is 0 Å². The Balaban J connectivity index is 2.16. The van der Waals surface area contributed by atoms with Gasteiger partial charge >= 0.3 is 0 Å². The van der Waals surface area contributed by atoms with Crippen LogP contribution in [0.15, 0.2) is 27.6 Å². The van der Waals surface area contributed by atoms with E-state index < -0.39 is 15.8 Å². The Kier molecular flexibility index (Phi) is 4.87. The van der Waals surface area contributed by atoms with E-state index in [2.05, 4.69) is 34.5 Å². The monoisotopic (exact) mass is 363 g/mol. The summed E-state index contributed by atoms with van der Waals surface area (Å²) < 4.78 is 41.1. The van der Waals surface area contributed by atoms with E-state index in [4.69, 9.17) is 0 Å². The molecule has 1 aromatic carbocycles. The molecule has 2 rings (SSSR count). The quantitative estimate of drug-likeness (QED) is 0.889. The SMILES string of the molecule is CC1CCC(NS(=O)(=O)c2ccc(Br)c(F)c2)C(C)C1. The topological polar surface area (TPSA) is 46.2 Å². The first-order chi connectivity index (χ1) is 9.29. The zero-order valence-corrected chi connectivity index (χ0v) is 14.0. The van der Waals surface area contributed by atoms with E-state index in [1.54, 1.807) is 0 Å². The van der Waals surface area contributed by atoms with Crippen molar-refractivity contribution in [3.63, 3.8) is 0 Å². The van der Waals surface area contributed by atoms with Crippen LogP contribution in [-0.2, 0) is 10.0 Å². The fourth-order valence-corrected chi connectivity index (χ4v) is 4.39. The molecule has 3 unspecified atom stereocenters. The van der Waals surface area contributed by atoms with Gasteiger partial charge in [-0.1, -0.05) is 13.8 Å². The summed E-state index contributed by atoms with van der Waals surface area (Å²) in [5.41, 5.74) is 0. The Morgan fingerprint density at radius 2 is 2.00 bits per heavy atom. The summed E-state index contributed by atoms with van der Waals surface area (Å²) in [5, 5.41) is 0. The van der Waals surface area contributed by atoms with Crippen molar-refractivity contribution in [2.24, 2.45) is 11.8 Å². The molecule has 1 aromatic rings. The molecule has 1 fully saturated rings. The van der Waals surface area contributed by atoms with Gasteiger partial charge in [-0.15, -0.1) is 0 Å². The van der Waals surface area contributed by atoms with Gasteiger partial charge in [-0.05, 0) is 65.2 Å². The maximum atomic E-state index is 13.5. The molecule has 0 amide bonds. The van der Waals surface area contributed by atoms with Crippen LogP contribution < -0.4 is 4.72 Å². The molecule has 0 aromatic heterocycles. The van der Waals surface area contributed by atoms with E-state index in [-0.39, 0.29) is 15.4 Å².